The Morgan fingerprint density at radius 2 is 1.64 bits per heavy atom. The molecule has 1 saturated carbocycles. The molecule has 1 aliphatic rings. The van der Waals surface area contributed by atoms with E-state index in [1.54, 1.807) is 4.90 Å². The molecule has 1 atom stereocenters. The van der Waals surface area contributed by atoms with Gasteiger partial charge in [-0.3, -0.25) is 9.59 Å². The number of carbonyl (C=O) groups excluding carboxylic acids is 2. The van der Waals surface area contributed by atoms with Crippen LogP contribution in [0.4, 0.5) is 0 Å². The van der Waals surface area contributed by atoms with Crippen LogP contribution >= 0.6 is 15.9 Å². The standard InChI is InChI=1S/C31H35BrN2O2/c1-22-12-13-23(2)26(18-22)20-30(35)34(21-25-14-16-27(32)17-15-25)29(19-24-8-4-3-5-9-24)31(36)33-28-10-6-7-11-28/h3-5,8-9,12-18,28-29H,6-7,10-11,19-21H2,1-2H3,(H,33,36). The summed E-state index contributed by atoms with van der Waals surface area (Å²) in [6, 6.07) is 23.8. The summed E-state index contributed by atoms with van der Waals surface area (Å²) in [5, 5.41) is 3.27. The van der Waals surface area contributed by atoms with E-state index in [9.17, 15) is 9.59 Å². The average molecular weight is 548 g/mol. The molecule has 3 aromatic rings. The second-order valence-electron chi connectivity index (χ2n) is 9.95. The van der Waals surface area contributed by atoms with Crippen LogP contribution in [0.25, 0.3) is 0 Å². The van der Waals surface area contributed by atoms with Crippen molar-refractivity contribution in [2.75, 3.05) is 0 Å². The van der Waals surface area contributed by atoms with Gasteiger partial charge >= 0.3 is 0 Å². The lowest BCUT2D eigenvalue weighted by molar-refractivity contribution is -0.141. The van der Waals surface area contributed by atoms with Gasteiger partial charge in [0.05, 0.1) is 6.42 Å². The van der Waals surface area contributed by atoms with E-state index in [0.717, 1.165) is 58.0 Å². The van der Waals surface area contributed by atoms with E-state index in [1.165, 1.54) is 0 Å². The smallest absolute Gasteiger partial charge is 0.243 e. The molecule has 0 saturated heterocycles. The fourth-order valence-corrected chi connectivity index (χ4v) is 5.23. The Morgan fingerprint density at radius 1 is 0.944 bits per heavy atom. The van der Waals surface area contributed by atoms with E-state index in [4.69, 9.17) is 0 Å². The highest BCUT2D eigenvalue weighted by molar-refractivity contribution is 9.10. The van der Waals surface area contributed by atoms with Crippen molar-refractivity contribution in [2.24, 2.45) is 0 Å². The zero-order valence-corrected chi connectivity index (χ0v) is 22.8. The largest absolute Gasteiger partial charge is 0.352 e. The number of halogens is 1. The molecule has 1 N–H and O–H groups in total. The summed E-state index contributed by atoms with van der Waals surface area (Å²) < 4.78 is 0.985. The number of benzene rings is 3. The maximum absolute atomic E-state index is 14.0. The van der Waals surface area contributed by atoms with Crippen LogP contribution in [0.15, 0.2) is 77.3 Å². The van der Waals surface area contributed by atoms with Gasteiger partial charge in [0.1, 0.15) is 6.04 Å². The predicted octanol–water partition coefficient (Wildman–Crippen LogP) is 6.31. The highest BCUT2D eigenvalue weighted by Gasteiger charge is 2.32. The minimum Gasteiger partial charge on any atom is -0.352 e. The van der Waals surface area contributed by atoms with Crippen LogP contribution in [-0.4, -0.2) is 28.8 Å². The monoisotopic (exact) mass is 546 g/mol. The molecule has 0 spiro atoms. The number of nitrogens with one attached hydrogen (secondary N) is 1. The molecule has 0 aliphatic heterocycles. The molecule has 1 unspecified atom stereocenters. The lowest BCUT2D eigenvalue weighted by Gasteiger charge is -2.32. The summed E-state index contributed by atoms with van der Waals surface area (Å²) >= 11 is 3.50. The summed E-state index contributed by atoms with van der Waals surface area (Å²) in [6.07, 6.45) is 5.05. The third-order valence-corrected chi connectivity index (χ3v) is 7.61. The van der Waals surface area contributed by atoms with E-state index >= 15 is 0 Å². The number of hydrogen-bond donors (Lipinski definition) is 1. The molecule has 1 fully saturated rings. The fraction of sp³-hybridized carbons (Fsp3) is 0.355. The lowest BCUT2D eigenvalue weighted by atomic mass is 9.99. The van der Waals surface area contributed by atoms with Gasteiger partial charge < -0.3 is 10.2 Å². The van der Waals surface area contributed by atoms with Crippen molar-refractivity contribution in [1.82, 2.24) is 10.2 Å². The van der Waals surface area contributed by atoms with Crippen molar-refractivity contribution in [2.45, 2.75) is 71.0 Å². The summed E-state index contributed by atoms with van der Waals surface area (Å²) in [7, 11) is 0. The molecule has 5 heteroatoms. The van der Waals surface area contributed by atoms with E-state index < -0.39 is 6.04 Å². The molecule has 0 radical (unpaired) electrons. The Labute approximate surface area is 223 Å². The van der Waals surface area contributed by atoms with Crippen molar-refractivity contribution in [3.8, 4) is 0 Å². The molecule has 3 aromatic carbocycles. The first kappa shape index (κ1) is 26.2. The van der Waals surface area contributed by atoms with Gasteiger partial charge in [-0.2, -0.15) is 0 Å². The number of hydrogen-bond acceptors (Lipinski definition) is 2. The minimum absolute atomic E-state index is 0.0332. The molecule has 1 aliphatic carbocycles. The highest BCUT2D eigenvalue weighted by atomic mass is 79.9. The third kappa shape index (κ3) is 7.07. The Balaban J connectivity index is 1.67. The Bertz CT molecular complexity index is 1170. The first-order valence-electron chi connectivity index (χ1n) is 12.8. The van der Waals surface area contributed by atoms with E-state index in [-0.39, 0.29) is 24.3 Å². The number of amides is 2. The zero-order chi connectivity index (χ0) is 25.5. The van der Waals surface area contributed by atoms with Gasteiger partial charge in [-0.1, -0.05) is 95.0 Å². The van der Waals surface area contributed by atoms with Crippen LogP contribution < -0.4 is 5.32 Å². The first-order valence-corrected chi connectivity index (χ1v) is 13.6. The zero-order valence-electron chi connectivity index (χ0n) is 21.2. The van der Waals surface area contributed by atoms with Gasteiger partial charge in [-0.15, -0.1) is 0 Å². The van der Waals surface area contributed by atoms with Crippen molar-refractivity contribution >= 4 is 27.7 Å². The molecule has 36 heavy (non-hydrogen) atoms. The molecular formula is C31H35BrN2O2. The van der Waals surface area contributed by atoms with Crippen LogP contribution in [0.2, 0.25) is 0 Å². The number of nitrogens with zero attached hydrogens (tertiary/aromatic N) is 1. The molecule has 4 nitrogen and oxygen atoms in total. The van der Waals surface area contributed by atoms with Gasteiger partial charge in [0.2, 0.25) is 11.8 Å². The maximum Gasteiger partial charge on any atom is 0.243 e. The van der Waals surface area contributed by atoms with Gasteiger partial charge in [0.25, 0.3) is 0 Å². The molecule has 0 aromatic heterocycles. The van der Waals surface area contributed by atoms with Gasteiger partial charge in [-0.05, 0) is 61.1 Å². The second-order valence-corrected chi connectivity index (χ2v) is 10.9. The number of rotatable bonds is 9. The maximum atomic E-state index is 14.0. The van der Waals surface area contributed by atoms with Crippen molar-refractivity contribution < 1.29 is 9.59 Å². The van der Waals surface area contributed by atoms with Crippen molar-refractivity contribution in [3.05, 3.63) is 105 Å². The van der Waals surface area contributed by atoms with E-state index in [2.05, 4.69) is 39.4 Å². The van der Waals surface area contributed by atoms with Gasteiger partial charge in [0.15, 0.2) is 0 Å². The summed E-state index contributed by atoms with van der Waals surface area (Å²) in [4.78, 5) is 29.5. The highest BCUT2D eigenvalue weighted by Crippen LogP contribution is 2.22. The molecule has 2 amide bonds. The van der Waals surface area contributed by atoms with Crippen LogP contribution in [-0.2, 0) is 29.0 Å². The van der Waals surface area contributed by atoms with Crippen molar-refractivity contribution in [3.63, 3.8) is 0 Å². The van der Waals surface area contributed by atoms with Crippen LogP contribution in [0, 0.1) is 13.8 Å². The number of aryl methyl sites for hydroxylation is 2. The minimum atomic E-state index is -0.589. The third-order valence-electron chi connectivity index (χ3n) is 7.09. The fourth-order valence-electron chi connectivity index (χ4n) is 4.96. The van der Waals surface area contributed by atoms with Gasteiger partial charge in [0, 0.05) is 23.5 Å². The molecule has 0 bridgehead atoms. The Kier molecular flexibility index (Phi) is 8.98. The van der Waals surface area contributed by atoms with E-state index in [0.29, 0.717) is 13.0 Å². The Hall–Kier alpha value is -2.92. The average Bonchev–Trinajstić information content (AvgIpc) is 3.38. The predicted molar refractivity (Wildman–Crippen MR) is 149 cm³/mol. The topological polar surface area (TPSA) is 49.4 Å². The van der Waals surface area contributed by atoms with Crippen LogP contribution in [0.5, 0.6) is 0 Å². The molecule has 0 heterocycles. The number of carbonyl (C=O) groups is 2. The molecule has 4 rings (SSSR count). The van der Waals surface area contributed by atoms with E-state index in [1.807, 2.05) is 68.4 Å². The Morgan fingerprint density at radius 3 is 2.33 bits per heavy atom. The molecule has 188 valence electrons. The molecular weight excluding hydrogens is 512 g/mol. The van der Waals surface area contributed by atoms with Crippen LogP contribution in [0.1, 0.15) is 53.5 Å². The summed E-state index contributed by atoms with van der Waals surface area (Å²) in [5.74, 6) is -0.0914. The first-order chi connectivity index (χ1) is 17.4. The summed E-state index contributed by atoms with van der Waals surface area (Å²) in [6.45, 7) is 4.46. The SMILES string of the molecule is Cc1ccc(C)c(CC(=O)N(Cc2ccc(Br)cc2)C(Cc2ccccc2)C(=O)NC2CCCC2)c1. The summed E-state index contributed by atoms with van der Waals surface area (Å²) in [5.41, 5.74) is 5.27. The normalized spacial score (nSPS) is 14.4. The van der Waals surface area contributed by atoms with Crippen molar-refractivity contribution in [1.29, 1.82) is 0 Å². The van der Waals surface area contributed by atoms with Crippen LogP contribution in [0.3, 0.4) is 0 Å². The van der Waals surface area contributed by atoms with Gasteiger partial charge in [-0.25, -0.2) is 0 Å². The lowest BCUT2D eigenvalue weighted by Crippen LogP contribution is -2.52. The second kappa shape index (κ2) is 12.4. The quantitative estimate of drug-likeness (QED) is 0.342.